The van der Waals surface area contributed by atoms with Crippen molar-refractivity contribution < 1.29 is 17.6 Å². The molecule has 0 saturated heterocycles. The summed E-state index contributed by atoms with van der Waals surface area (Å²) >= 11 is 2.59. The number of alkyl halides is 3. The van der Waals surface area contributed by atoms with Crippen molar-refractivity contribution in [1.82, 2.24) is 0 Å². The van der Waals surface area contributed by atoms with Crippen LogP contribution in [0.25, 0.3) is 0 Å². The number of allylic oxidation sites excluding steroid dienone is 2. The van der Waals surface area contributed by atoms with Crippen LogP contribution in [0.5, 0.6) is 0 Å². The molecule has 0 aliphatic rings. The zero-order chi connectivity index (χ0) is 16.2. The van der Waals surface area contributed by atoms with Crippen molar-refractivity contribution in [3.05, 3.63) is 39.3 Å². The molecule has 0 fully saturated rings. The van der Waals surface area contributed by atoms with Crippen molar-refractivity contribution >= 4 is 21.6 Å². The summed E-state index contributed by atoms with van der Waals surface area (Å²) in [5, 5.41) is 28.0. The van der Waals surface area contributed by atoms with Crippen LogP contribution >= 0.6 is 15.9 Å². The van der Waals surface area contributed by atoms with Gasteiger partial charge in [-0.3, -0.25) is 0 Å². The van der Waals surface area contributed by atoms with Crippen molar-refractivity contribution in [3.63, 3.8) is 0 Å². The van der Waals surface area contributed by atoms with E-state index in [9.17, 15) is 17.6 Å². The minimum absolute atomic E-state index is 0.513. The van der Waals surface area contributed by atoms with Crippen molar-refractivity contribution in [2.75, 3.05) is 5.32 Å². The van der Waals surface area contributed by atoms with E-state index in [0.29, 0.717) is 0 Å². The quantitative estimate of drug-likeness (QED) is 0.642. The van der Waals surface area contributed by atoms with Crippen LogP contribution in [0.15, 0.2) is 27.9 Å². The molecule has 0 bridgehead atoms. The normalized spacial score (nSPS) is 10.0. The van der Waals surface area contributed by atoms with Crippen LogP contribution in [0, 0.1) is 39.8 Å². The van der Waals surface area contributed by atoms with Gasteiger partial charge in [0.15, 0.2) is 11.4 Å². The molecule has 0 aromatic heterocycles. The molecule has 4 nitrogen and oxygen atoms in total. The van der Waals surface area contributed by atoms with Gasteiger partial charge in [-0.25, -0.2) is 4.39 Å². The van der Waals surface area contributed by atoms with Gasteiger partial charge in [0, 0.05) is 4.47 Å². The van der Waals surface area contributed by atoms with E-state index in [4.69, 9.17) is 15.8 Å². The predicted molar refractivity (Wildman–Crippen MR) is 66.6 cm³/mol. The molecule has 1 aromatic rings. The summed E-state index contributed by atoms with van der Waals surface area (Å²) in [6, 6.07) is 6.05. The van der Waals surface area contributed by atoms with E-state index in [2.05, 4.69) is 15.9 Å². The lowest BCUT2D eigenvalue weighted by atomic mass is 10.1. The molecule has 21 heavy (non-hydrogen) atoms. The van der Waals surface area contributed by atoms with Gasteiger partial charge in [0.2, 0.25) is 0 Å². The lowest BCUT2D eigenvalue weighted by Gasteiger charge is -2.14. The average Bonchev–Trinajstić information content (AvgIpc) is 2.39. The van der Waals surface area contributed by atoms with E-state index >= 15 is 0 Å². The van der Waals surface area contributed by atoms with E-state index in [1.165, 1.54) is 18.2 Å². The number of nitriles is 3. The number of anilines is 1. The summed E-state index contributed by atoms with van der Waals surface area (Å²) in [5.74, 6) is -1.65. The summed E-state index contributed by atoms with van der Waals surface area (Å²) in [5.41, 5.74) is -3.55. The fourth-order valence-corrected chi connectivity index (χ4v) is 1.86. The Morgan fingerprint density at radius 2 is 1.67 bits per heavy atom. The molecule has 1 aromatic carbocycles. The second-order valence-electron chi connectivity index (χ2n) is 3.49. The molecule has 0 aliphatic heterocycles. The zero-order valence-corrected chi connectivity index (χ0v) is 11.5. The van der Waals surface area contributed by atoms with Gasteiger partial charge in [-0.1, -0.05) is 15.9 Å². The van der Waals surface area contributed by atoms with Gasteiger partial charge in [-0.2, -0.15) is 29.0 Å². The van der Waals surface area contributed by atoms with E-state index < -0.39 is 39.0 Å². The molecule has 0 spiro atoms. The SMILES string of the molecule is N#CC(C#N)=C(C#N)Nc1ccc(Br)c(C(F)(F)F)c1F. The van der Waals surface area contributed by atoms with E-state index in [0.717, 1.165) is 12.1 Å². The Labute approximate surface area is 124 Å². The summed E-state index contributed by atoms with van der Waals surface area (Å²) in [6.45, 7) is 0. The monoisotopic (exact) mass is 358 g/mol. The van der Waals surface area contributed by atoms with Gasteiger partial charge in [-0.15, -0.1) is 0 Å². The van der Waals surface area contributed by atoms with Gasteiger partial charge in [0.05, 0.1) is 5.69 Å². The molecule has 0 aliphatic carbocycles. The number of hydrogen-bond donors (Lipinski definition) is 1. The van der Waals surface area contributed by atoms with Crippen molar-refractivity contribution in [1.29, 1.82) is 15.8 Å². The number of nitrogens with one attached hydrogen (secondary N) is 1. The molecule has 1 rings (SSSR count). The first kappa shape index (κ1) is 16.5. The Morgan fingerprint density at radius 3 is 2.10 bits per heavy atom. The third kappa shape index (κ3) is 3.50. The molecule has 0 amide bonds. The molecule has 9 heteroatoms. The molecule has 1 N–H and O–H groups in total. The number of benzene rings is 1. The van der Waals surface area contributed by atoms with Gasteiger partial charge in [-0.05, 0) is 12.1 Å². The Balaban J connectivity index is 3.44. The third-order valence-electron chi connectivity index (χ3n) is 2.22. The van der Waals surface area contributed by atoms with E-state index in [-0.39, 0.29) is 0 Å². The maximum Gasteiger partial charge on any atom is 0.420 e. The first-order valence-corrected chi connectivity index (χ1v) is 5.82. The summed E-state index contributed by atoms with van der Waals surface area (Å²) in [4.78, 5) is 0. The van der Waals surface area contributed by atoms with E-state index in [1.807, 2.05) is 5.32 Å². The topological polar surface area (TPSA) is 83.4 Å². The van der Waals surface area contributed by atoms with Crippen LogP contribution in [-0.4, -0.2) is 0 Å². The lowest BCUT2D eigenvalue weighted by molar-refractivity contribution is -0.140. The Kier molecular flexibility index (Phi) is 4.91. The summed E-state index contributed by atoms with van der Waals surface area (Å²) in [6.07, 6.45) is -4.95. The predicted octanol–water partition coefficient (Wildman–Crippen LogP) is 3.84. The number of halogens is 5. The highest BCUT2D eigenvalue weighted by atomic mass is 79.9. The number of hydrogen-bond acceptors (Lipinski definition) is 4. The van der Waals surface area contributed by atoms with Crippen molar-refractivity contribution in [2.45, 2.75) is 6.18 Å². The number of nitrogens with zero attached hydrogens (tertiary/aromatic N) is 3. The second-order valence-corrected chi connectivity index (χ2v) is 4.35. The Morgan fingerprint density at radius 1 is 1.10 bits per heavy atom. The van der Waals surface area contributed by atoms with Crippen molar-refractivity contribution in [2.24, 2.45) is 0 Å². The van der Waals surface area contributed by atoms with Gasteiger partial charge < -0.3 is 5.32 Å². The molecule has 0 unspecified atom stereocenters. The smallest absolute Gasteiger partial charge is 0.343 e. The van der Waals surface area contributed by atoms with Crippen molar-refractivity contribution in [3.8, 4) is 18.2 Å². The van der Waals surface area contributed by atoms with Gasteiger partial charge in [0.1, 0.15) is 29.5 Å². The van der Waals surface area contributed by atoms with Gasteiger partial charge in [0.25, 0.3) is 0 Å². The second kappa shape index (κ2) is 6.25. The Hall–Kier alpha value is -2.57. The first-order chi connectivity index (χ1) is 9.76. The summed E-state index contributed by atoms with van der Waals surface area (Å²) in [7, 11) is 0. The highest BCUT2D eigenvalue weighted by molar-refractivity contribution is 9.10. The van der Waals surface area contributed by atoms with Crippen LogP contribution in [0.2, 0.25) is 0 Å². The fraction of sp³-hybridized carbons (Fsp3) is 0.0833. The molecule has 0 saturated carbocycles. The minimum Gasteiger partial charge on any atom is -0.343 e. The third-order valence-corrected chi connectivity index (χ3v) is 2.88. The standard InChI is InChI=1S/C12H3BrF4N4/c13-7-1-2-8(11(14)10(7)12(15,16)17)21-9(5-20)6(3-18)4-19/h1-2,21H. The largest absolute Gasteiger partial charge is 0.420 e. The van der Waals surface area contributed by atoms with Crippen LogP contribution in [0.3, 0.4) is 0 Å². The molecule has 0 atom stereocenters. The molecular weight excluding hydrogens is 356 g/mol. The van der Waals surface area contributed by atoms with Crippen LogP contribution in [0.4, 0.5) is 23.2 Å². The van der Waals surface area contributed by atoms with Crippen LogP contribution < -0.4 is 5.32 Å². The van der Waals surface area contributed by atoms with Crippen LogP contribution in [-0.2, 0) is 6.18 Å². The molecular formula is C12H3BrF4N4. The highest BCUT2D eigenvalue weighted by Gasteiger charge is 2.37. The maximum atomic E-state index is 13.9. The molecule has 106 valence electrons. The zero-order valence-electron chi connectivity index (χ0n) is 9.89. The number of rotatable bonds is 2. The highest BCUT2D eigenvalue weighted by Crippen LogP contribution is 2.39. The molecule has 0 radical (unpaired) electrons. The first-order valence-electron chi connectivity index (χ1n) is 5.03. The van der Waals surface area contributed by atoms with Crippen LogP contribution in [0.1, 0.15) is 5.56 Å². The maximum absolute atomic E-state index is 13.9. The molecule has 0 heterocycles. The lowest BCUT2D eigenvalue weighted by Crippen LogP contribution is -2.12. The van der Waals surface area contributed by atoms with Gasteiger partial charge >= 0.3 is 6.18 Å². The average molecular weight is 359 g/mol. The fourth-order valence-electron chi connectivity index (χ4n) is 1.33. The summed E-state index contributed by atoms with van der Waals surface area (Å²) < 4.78 is 51.5. The minimum atomic E-state index is -4.95. The Bertz CT molecular complexity index is 716. The van der Waals surface area contributed by atoms with E-state index in [1.54, 1.807) is 0 Å².